The summed E-state index contributed by atoms with van der Waals surface area (Å²) in [7, 11) is -3.93. The molecule has 9 heteroatoms. The molecule has 5 rings (SSSR count). The van der Waals surface area contributed by atoms with Gasteiger partial charge in [-0.25, -0.2) is 8.42 Å². The standard InChI is InChI=1S/C34H34ClN3O4S/c1-24-16-21-27(35)22-32(24)38(43(41,42)29-12-6-3-7-13-29)23-25-17-19-26(20-18-25)33(39)37-31-15-9-8-14-30(31)34(40)36-28-10-4-2-5-11-28/h3,6-9,12-22,28H,2,4-5,10-11,23H2,1H3,(H,36,40)(H,37,39). The first-order valence-electron chi connectivity index (χ1n) is 14.4. The number of amides is 2. The fourth-order valence-corrected chi connectivity index (χ4v) is 6.99. The molecule has 0 bridgehead atoms. The van der Waals surface area contributed by atoms with Crippen LogP contribution in [-0.2, 0) is 16.6 Å². The average molecular weight is 616 g/mol. The summed E-state index contributed by atoms with van der Waals surface area (Å²) in [6, 6.07) is 27.2. The highest BCUT2D eigenvalue weighted by Gasteiger charge is 2.27. The molecule has 7 nitrogen and oxygen atoms in total. The number of para-hydroxylation sites is 1. The number of anilines is 2. The molecule has 0 saturated heterocycles. The molecule has 4 aromatic rings. The molecule has 2 amide bonds. The first kappa shape index (κ1) is 30.3. The number of carbonyl (C=O) groups excluding carboxylic acids is 2. The van der Waals surface area contributed by atoms with Crippen molar-refractivity contribution < 1.29 is 18.0 Å². The van der Waals surface area contributed by atoms with Crippen LogP contribution in [0, 0.1) is 6.92 Å². The molecule has 1 saturated carbocycles. The van der Waals surface area contributed by atoms with Crippen molar-refractivity contribution in [2.24, 2.45) is 0 Å². The summed E-state index contributed by atoms with van der Waals surface area (Å²) in [4.78, 5) is 26.4. The van der Waals surface area contributed by atoms with E-state index in [1.807, 2.05) is 6.92 Å². The van der Waals surface area contributed by atoms with E-state index in [0.29, 0.717) is 33.1 Å². The minimum Gasteiger partial charge on any atom is -0.349 e. The molecule has 0 aliphatic heterocycles. The third-order valence-electron chi connectivity index (χ3n) is 7.67. The summed E-state index contributed by atoms with van der Waals surface area (Å²) < 4.78 is 28.9. The van der Waals surface area contributed by atoms with Gasteiger partial charge in [0.25, 0.3) is 21.8 Å². The lowest BCUT2D eigenvalue weighted by Gasteiger charge is -2.26. The van der Waals surface area contributed by atoms with Crippen molar-refractivity contribution in [2.45, 2.75) is 56.5 Å². The zero-order valence-electron chi connectivity index (χ0n) is 23.9. The van der Waals surface area contributed by atoms with Crippen LogP contribution in [0.3, 0.4) is 0 Å². The fraction of sp³-hybridized carbons (Fsp3) is 0.235. The van der Waals surface area contributed by atoms with Gasteiger partial charge in [0.15, 0.2) is 0 Å². The Morgan fingerprint density at radius 2 is 1.51 bits per heavy atom. The lowest BCUT2D eigenvalue weighted by atomic mass is 9.95. The van der Waals surface area contributed by atoms with E-state index >= 15 is 0 Å². The summed E-state index contributed by atoms with van der Waals surface area (Å²) in [6.45, 7) is 1.87. The van der Waals surface area contributed by atoms with Gasteiger partial charge in [0.05, 0.1) is 28.4 Å². The SMILES string of the molecule is Cc1ccc(Cl)cc1N(Cc1ccc(C(=O)Nc2ccccc2C(=O)NC2CCCCC2)cc1)S(=O)(=O)c1ccccc1. The van der Waals surface area contributed by atoms with Gasteiger partial charge < -0.3 is 10.6 Å². The maximum Gasteiger partial charge on any atom is 0.264 e. The molecule has 1 aliphatic rings. The van der Waals surface area contributed by atoms with E-state index in [-0.39, 0.29) is 29.3 Å². The molecule has 0 unspecified atom stereocenters. The predicted molar refractivity (Wildman–Crippen MR) is 171 cm³/mol. The van der Waals surface area contributed by atoms with E-state index in [0.717, 1.165) is 31.2 Å². The number of nitrogens with one attached hydrogen (secondary N) is 2. The quantitative estimate of drug-likeness (QED) is 0.206. The summed E-state index contributed by atoms with van der Waals surface area (Å²) in [6.07, 6.45) is 5.34. The van der Waals surface area contributed by atoms with Gasteiger partial charge in [0.2, 0.25) is 0 Å². The Morgan fingerprint density at radius 3 is 2.23 bits per heavy atom. The number of halogens is 1. The van der Waals surface area contributed by atoms with Crippen molar-refractivity contribution in [1.29, 1.82) is 0 Å². The largest absolute Gasteiger partial charge is 0.349 e. The Balaban J connectivity index is 1.35. The van der Waals surface area contributed by atoms with E-state index in [1.54, 1.807) is 97.1 Å². The third-order valence-corrected chi connectivity index (χ3v) is 9.68. The molecule has 1 fully saturated rings. The molecule has 4 aromatic carbocycles. The van der Waals surface area contributed by atoms with Crippen molar-refractivity contribution in [3.05, 3.63) is 124 Å². The summed E-state index contributed by atoms with van der Waals surface area (Å²) in [5.74, 6) is -0.571. The van der Waals surface area contributed by atoms with Crippen LogP contribution in [0.1, 0.15) is 63.9 Å². The number of hydrogen-bond acceptors (Lipinski definition) is 4. The Labute approximate surface area is 257 Å². The second-order valence-electron chi connectivity index (χ2n) is 10.8. The topological polar surface area (TPSA) is 95.6 Å². The molecule has 43 heavy (non-hydrogen) atoms. The van der Waals surface area contributed by atoms with Gasteiger partial charge in [-0.3, -0.25) is 13.9 Å². The van der Waals surface area contributed by atoms with Gasteiger partial charge in [-0.1, -0.05) is 79.4 Å². The van der Waals surface area contributed by atoms with E-state index < -0.39 is 10.0 Å². The maximum atomic E-state index is 13.8. The Bertz CT molecular complexity index is 1700. The maximum absolute atomic E-state index is 13.8. The van der Waals surface area contributed by atoms with Crippen LogP contribution in [0.15, 0.2) is 102 Å². The van der Waals surface area contributed by atoms with Crippen LogP contribution >= 0.6 is 11.6 Å². The average Bonchev–Trinajstić information content (AvgIpc) is 3.02. The van der Waals surface area contributed by atoms with Crippen LogP contribution in [0.25, 0.3) is 0 Å². The second kappa shape index (κ2) is 13.4. The first-order chi connectivity index (χ1) is 20.7. The molecule has 0 atom stereocenters. The molecular formula is C34H34ClN3O4S. The highest BCUT2D eigenvalue weighted by Crippen LogP contribution is 2.31. The Kier molecular flexibility index (Phi) is 9.48. The van der Waals surface area contributed by atoms with Crippen LogP contribution in [0.5, 0.6) is 0 Å². The van der Waals surface area contributed by atoms with Crippen molar-refractivity contribution in [3.8, 4) is 0 Å². The third kappa shape index (κ3) is 7.27. The van der Waals surface area contributed by atoms with E-state index in [1.165, 1.54) is 10.7 Å². The Hall–Kier alpha value is -4.14. The second-order valence-corrected chi connectivity index (χ2v) is 13.1. The van der Waals surface area contributed by atoms with Crippen molar-refractivity contribution in [3.63, 3.8) is 0 Å². The summed E-state index contributed by atoms with van der Waals surface area (Å²) in [5.41, 5.74) is 3.14. The first-order valence-corrected chi connectivity index (χ1v) is 16.2. The van der Waals surface area contributed by atoms with E-state index in [2.05, 4.69) is 10.6 Å². The smallest absolute Gasteiger partial charge is 0.264 e. The minimum absolute atomic E-state index is 0.0322. The van der Waals surface area contributed by atoms with Crippen LogP contribution in [0.4, 0.5) is 11.4 Å². The Morgan fingerprint density at radius 1 is 0.837 bits per heavy atom. The minimum atomic E-state index is -3.93. The molecule has 0 heterocycles. The zero-order chi connectivity index (χ0) is 30.4. The highest BCUT2D eigenvalue weighted by molar-refractivity contribution is 7.92. The summed E-state index contributed by atoms with van der Waals surface area (Å²) >= 11 is 6.27. The van der Waals surface area contributed by atoms with Crippen molar-refractivity contribution in [2.75, 3.05) is 9.62 Å². The molecule has 2 N–H and O–H groups in total. The lowest BCUT2D eigenvalue weighted by molar-refractivity contribution is 0.0928. The van der Waals surface area contributed by atoms with Crippen molar-refractivity contribution in [1.82, 2.24) is 5.32 Å². The number of hydrogen-bond donors (Lipinski definition) is 2. The van der Waals surface area contributed by atoms with Gasteiger partial charge in [0, 0.05) is 16.6 Å². The number of benzene rings is 4. The normalized spacial score (nSPS) is 13.7. The van der Waals surface area contributed by atoms with Crippen LogP contribution in [0.2, 0.25) is 5.02 Å². The van der Waals surface area contributed by atoms with Crippen molar-refractivity contribution >= 4 is 44.8 Å². The van der Waals surface area contributed by atoms with Gasteiger partial charge >= 0.3 is 0 Å². The number of nitrogens with zero attached hydrogens (tertiary/aromatic N) is 1. The van der Waals surface area contributed by atoms with Crippen LogP contribution in [-0.4, -0.2) is 26.3 Å². The fourth-order valence-electron chi connectivity index (χ4n) is 5.29. The number of carbonyl (C=O) groups is 2. The number of sulfonamides is 1. The molecule has 0 aromatic heterocycles. The van der Waals surface area contributed by atoms with Gasteiger partial charge in [-0.2, -0.15) is 0 Å². The van der Waals surface area contributed by atoms with Gasteiger partial charge in [0.1, 0.15) is 0 Å². The van der Waals surface area contributed by atoms with Gasteiger partial charge in [-0.05, 0) is 79.4 Å². The highest BCUT2D eigenvalue weighted by atomic mass is 35.5. The molecule has 0 spiro atoms. The number of aryl methyl sites for hydroxylation is 1. The van der Waals surface area contributed by atoms with E-state index in [9.17, 15) is 18.0 Å². The van der Waals surface area contributed by atoms with Crippen LogP contribution < -0.4 is 14.9 Å². The number of rotatable bonds is 9. The van der Waals surface area contributed by atoms with E-state index in [4.69, 9.17) is 11.6 Å². The molecule has 1 aliphatic carbocycles. The molecular weight excluding hydrogens is 582 g/mol. The molecule has 0 radical (unpaired) electrons. The van der Waals surface area contributed by atoms with Gasteiger partial charge in [-0.15, -0.1) is 0 Å². The summed E-state index contributed by atoms with van der Waals surface area (Å²) in [5, 5.41) is 6.40. The lowest BCUT2D eigenvalue weighted by Crippen LogP contribution is -2.36. The monoisotopic (exact) mass is 615 g/mol. The molecule has 222 valence electrons. The zero-order valence-corrected chi connectivity index (χ0v) is 25.5. The predicted octanol–water partition coefficient (Wildman–Crippen LogP) is 7.36.